The summed E-state index contributed by atoms with van der Waals surface area (Å²) in [5.41, 5.74) is 0.0323. The molecule has 14 heavy (non-hydrogen) atoms. The smallest absolute Gasteiger partial charge is 0.119 e. The topological polar surface area (TPSA) is 29.5 Å². The summed E-state index contributed by atoms with van der Waals surface area (Å²) in [5.74, 6) is 0.888. The van der Waals surface area contributed by atoms with Crippen LogP contribution in [-0.4, -0.2) is 18.3 Å². The SMILES string of the molecule is CC(C)(CCO)COc1ccccc1. The summed E-state index contributed by atoms with van der Waals surface area (Å²) in [6, 6.07) is 9.75. The lowest BCUT2D eigenvalue weighted by Crippen LogP contribution is -2.22. The van der Waals surface area contributed by atoms with Gasteiger partial charge in [0.1, 0.15) is 5.75 Å². The number of rotatable bonds is 5. The van der Waals surface area contributed by atoms with Crippen molar-refractivity contribution in [2.45, 2.75) is 20.3 Å². The van der Waals surface area contributed by atoms with E-state index in [2.05, 4.69) is 13.8 Å². The fourth-order valence-corrected chi connectivity index (χ4v) is 1.17. The molecule has 0 aliphatic heterocycles. The van der Waals surface area contributed by atoms with Crippen LogP contribution >= 0.6 is 0 Å². The van der Waals surface area contributed by atoms with Gasteiger partial charge in [-0.1, -0.05) is 32.0 Å². The van der Waals surface area contributed by atoms with Crippen LogP contribution in [0.25, 0.3) is 0 Å². The number of benzene rings is 1. The highest BCUT2D eigenvalue weighted by atomic mass is 16.5. The third-order valence-corrected chi connectivity index (χ3v) is 2.16. The van der Waals surface area contributed by atoms with Crippen LogP contribution in [0.3, 0.4) is 0 Å². The van der Waals surface area contributed by atoms with Crippen LogP contribution in [0.5, 0.6) is 5.75 Å². The molecule has 0 aromatic heterocycles. The van der Waals surface area contributed by atoms with Gasteiger partial charge >= 0.3 is 0 Å². The molecule has 0 saturated heterocycles. The van der Waals surface area contributed by atoms with Gasteiger partial charge in [-0.2, -0.15) is 0 Å². The summed E-state index contributed by atoms with van der Waals surface area (Å²) in [6.45, 7) is 5.03. The van der Waals surface area contributed by atoms with E-state index >= 15 is 0 Å². The molecule has 1 rings (SSSR count). The van der Waals surface area contributed by atoms with E-state index in [0.717, 1.165) is 12.2 Å². The van der Waals surface area contributed by atoms with Crippen molar-refractivity contribution in [1.29, 1.82) is 0 Å². The number of ether oxygens (including phenoxy) is 1. The molecule has 0 amide bonds. The lowest BCUT2D eigenvalue weighted by Gasteiger charge is -2.23. The van der Waals surface area contributed by atoms with E-state index in [-0.39, 0.29) is 12.0 Å². The second-order valence-electron chi connectivity index (χ2n) is 4.24. The number of aliphatic hydroxyl groups excluding tert-OH is 1. The van der Waals surface area contributed by atoms with Gasteiger partial charge in [0, 0.05) is 12.0 Å². The fourth-order valence-electron chi connectivity index (χ4n) is 1.17. The summed E-state index contributed by atoms with van der Waals surface area (Å²) in [4.78, 5) is 0. The minimum atomic E-state index is 0.0323. The Morgan fingerprint density at radius 2 is 1.86 bits per heavy atom. The maximum absolute atomic E-state index is 8.84. The van der Waals surface area contributed by atoms with Crippen molar-refractivity contribution >= 4 is 0 Å². The van der Waals surface area contributed by atoms with Crippen LogP contribution < -0.4 is 4.74 Å². The fraction of sp³-hybridized carbons (Fsp3) is 0.500. The van der Waals surface area contributed by atoms with Gasteiger partial charge in [-0.05, 0) is 18.6 Å². The van der Waals surface area contributed by atoms with Crippen LogP contribution in [-0.2, 0) is 0 Å². The highest BCUT2D eigenvalue weighted by molar-refractivity contribution is 5.20. The Kier molecular flexibility index (Phi) is 3.96. The van der Waals surface area contributed by atoms with Crippen LogP contribution in [0.1, 0.15) is 20.3 Å². The van der Waals surface area contributed by atoms with E-state index in [1.807, 2.05) is 30.3 Å². The van der Waals surface area contributed by atoms with Crippen LogP contribution in [0.15, 0.2) is 30.3 Å². The van der Waals surface area contributed by atoms with E-state index < -0.39 is 0 Å². The summed E-state index contributed by atoms with van der Waals surface area (Å²) in [5, 5.41) is 8.84. The zero-order chi connectivity index (χ0) is 10.4. The molecule has 0 saturated carbocycles. The van der Waals surface area contributed by atoms with Crippen molar-refractivity contribution in [2.24, 2.45) is 5.41 Å². The van der Waals surface area contributed by atoms with E-state index in [0.29, 0.717) is 6.61 Å². The lowest BCUT2D eigenvalue weighted by molar-refractivity contribution is 0.137. The quantitative estimate of drug-likeness (QED) is 0.780. The third-order valence-electron chi connectivity index (χ3n) is 2.16. The number of hydrogen-bond donors (Lipinski definition) is 1. The molecule has 0 bridgehead atoms. The van der Waals surface area contributed by atoms with E-state index in [1.54, 1.807) is 0 Å². The van der Waals surface area contributed by atoms with E-state index in [9.17, 15) is 0 Å². The molecule has 2 heteroatoms. The summed E-state index contributed by atoms with van der Waals surface area (Å²) >= 11 is 0. The van der Waals surface area contributed by atoms with Gasteiger partial charge in [0.25, 0.3) is 0 Å². The Morgan fingerprint density at radius 3 is 2.43 bits per heavy atom. The van der Waals surface area contributed by atoms with E-state index in [4.69, 9.17) is 9.84 Å². The molecule has 1 aromatic carbocycles. The predicted octanol–water partition coefficient (Wildman–Crippen LogP) is 2.47. The van der Waals surface area contributed by atoms with Gasteiger partial charge in [-0.25, -0.2) is 0 Å². The molecule has 1 N–H and O–H groups in total. The number of hydrogen-bond acceptors (Lipinski definition) is 2. The van der Waals surface area contributed by atoms with Crippen molar-refractivity contribution in [3.05, 3.63) is 30.3 Å². The summed E-state index contributed by atoms with van der Waals surface area (Å²) < 4.78 is 5.61. The highest BCUT2D eigenvalue weighted by Gasteiger charge is 2.17. The minimum absolute atomic E-state index is 0.0323. The first kappa shape index (κ1) is 11.1. The van der Waals surface area contributed by atoms with Crippen LogP contribution in [0.4, 0.5) is 0 Å². The molecule has 0 fully saturated rings. The van der Waals surface area contributed by atoms with Crippen LogP contribution in [0.2, 0.25) is 0 Å². The van der Waals surface area contributed by atoms with Crippen molar-refractivity contribution in [3.8, 4) is 5.75 Å². The Bertz CT molecular complexity index is 254. The Labute approximate surface area is 85.5 Å². The molecule has 0 heterocycles. The molecule has 0 aliphatic carbocycles. The molecule has 0 spiro atoms. The molecule has 2 nitrogen and oxygen atoms in total. The minimum Gasteiger partial charge on any atom is -0.493 e. The van der Waals surface area contributed by atoms with Gasteiger partial charge in [0.05, 0.1) is 6.61 Å². The van der Waals surface area contributed by atoms with Crippen molar-refractivity contribution in [3.63, 3.8) is 0 Å². The molecule has 78 valence electrons. The van der Waals surface area contributed by atoms with Gasteiger partial charge < -0.3 is 9.84 Å². The molecule has 0 aliphatic rings. The van der Waals surface area contributed by atoms with Crippen molar-refractivity contribution in [2.75, 3.05) is 13.2 Å². The normalized spacial score (nSPS) is 11.4. The molecule has 0 atom stereocenters. The maximum Gasteiger partial charge on any atom is 0.119 e. The zero-order valence-corrected chi connectivity index (χ0v) is 8.86. The monoisotopic (exact) mass is 194 g/mol. The van der Waals surface area contributed by atoms with Crippen molar-refractivity contribution in [1.82, 2.24) is 0 Å². The van der Waals surface area contributed by atoms with Gasteiger partial charge in [0.15, 0.2) is 0 Å². The third kappa shape index (κ3) is 3.79. The highest BCUT2D eigenvalue weighted by Crippen LogP contribution is 2.21. The largest absolute Gasteiger partial charge is 0.493 e. The lowest BCUT2D eigenvalue weighted by atomic mass is 9.91. The Balaban J connectivity index is 2.40. The standard InChI is InChI=1S/C12H18O2/c1-12(2,8-9-13)10-14-11-6-4-3-5-7-11/h3-7,13H,8-10H2,1-2H3. The van der Waals surface area contributed by atoms with E-state index in [1.165, 1.54) is 0 Å². The molecule has 0 unspecified atom stereocenters. The average molecular weight is 194 g/mol. The maximum atomic E-state index is 8.84. The van der Waals surface area contributed by atoms with Crippen LogP contribution in [0, 0.1) is 5.41 Å². The zero-order valence-electron chi connectivity index (χ0n) is 8.86. The first-order valence-electron chi connectivity index (χ1n) is 4.93. The first-order valence-corrected chi connectivity index (χ1v) is 4.93. The Hall–Kier alpha value is -1.02. The molecular weight excluding hydrogens is 176 g/mol. The summed E-state index contributed by atoms with van der Waals surface area (Å²) in [7, 11) is 0. The second kappa shape index (κ2) is 5.01. The molecule has 1 aromatic rings. The predicted molar refractivity (Wildman–Crippen MR) is 57.4 cm³/mol. The number of para-hydroxylation sites is 1. The molecule has 0 radical (unpaired) electrons. The Morgan fingerprint density at radius 1 is 1.21 bits per heavy atom. The average Bonchev–Trinajstić information content (AvgIpc) is 2.17. The van der Waals surface area contributed by atoms with Gasteiger partial charge in [-0.15, -0.1) is 0 Å². The van der Waals surface area contributed by atoms with Gasteiger partial charge in [-0.3, -0.25) is 0 Å². The van der Waals surface area contributed by atoms with Gasteiger partial charge in [0.2, 0.25) is 0 Å². The van der Waals surface area contributed by atoms with Crippen molar-refractivity contribution < 1.29 is 9.84 Å². The number of aliphatic hydroxyl groups is 1. The second-order valence-corrected chi connectivity index (χ2v) is 4.24. The summed E-state index contributed by atoms with van der Waals surface area (Å²) in [6.07, 6.45) is 0.764. The first-order chi connectivity index (χ1) is 6.64. The molecular formula is C12H18O2.